The lowest BCUT2D eigenvalue weighted by Crippen LogP contribution is -2.01. The lowest BCUT2D eigenvalue weighted by atomic mass is 10.2. The standard InChI is InChI=1S/C9H7N3O4/c1-5(13)16-9-7-3-2-6(12(14)15)4-8(7)10-11-9/h2-4H,1H3,(H,10,11). The molecule has 0 aliphatic carbocycles. The van der Waals surface area contributed by atoms with Crippen LogP contribution in [-0.2, 0) is 4.79 Å². The van der Waals surface area contributed by atoms with E-state index < -0.39 is 10.9 Å². The van der Waals surface area contributed by atoms with E-state index in [0.29, 0.717) is 10.9 Å². The number of esters is 1. The van der Waals surface area contributed by atoms with E-state index in [-0.39, 0.29) is 11.6 Å². The van der Waals surface area contributed by atoms with Crippen LogP contribution in [0.1, 0.15) is 6.92 Å². The number of nitrogens with one attached hydrogen (secondary N) is 1. The maximum absolute atomic E-state index is 10.7. The Kier molecular flexibility index (Phi) is 2.28. The van der Waals surface area contributed by atoms with Gasteiger partial charge in [0.2, 0.25) is 5.88 Å². The van der Waals surface area contributed by atoms with E-state index >= 15 is 0 Å². The first-order valence-electron chi connectivity index (χ1n) is 4.39. The van der Waals surface area contributed by atoms with E-state index in [1.807, 2.05) is 0 Å². The molecule has 0 aliphatic rings. The van der Waals surface area contributed by atoms with Gasteiger partial charge in [0, 0.05) is 19.1 Å². The third kappa shape index (κ3) is 1.70. The van der Waals surface area contributed by atoms with E-state index in [1.54, 1.807) is 0 Å². The summed E-state index contributed by atoms with van der Waals surface area (Å²) in [7, 11) is 0. The van der Waals surface area contributed by atoms with Gasteiger partial charge in [-0.1, -0.05) is 0 Å². The molecular formula is C9H7N3O4. The Morgan fingerprint density at radius 3 is 2.94 bits per heavy atom. The molecule has 0 unspecified atom stereocenters. The Morgan fingerprint density at radius 2 is 2.31 bits per heavy atom. The Bertz CT molecular complexity index is 575. The van der Waals surface area contributed by atoms with Crippen molar-refractivity contribution in [3.05, 3.63) is 28.3 Å². The van der Waals surface area contributed by atoms with Gasteiger partial charge in [-0.25, -0.2) is 0 Å². The molecule has 0 fully saturated rings. The van der Waals surface area contributed by atoms with Crippen LogP contribution in [0.5, 0.6) is 5.88 Å². The molecule has 0 saturated carbocycles. The van der Waals surface area contributed by atoms with Gasteiger partial charge in [0.05, 0.1) is 15.8 Å². The molecule has 0 spiro atoms. The first-order chi connectivity index (χ1) is 7.58. The minimum atomic E-state index is -0.508. The number of benzene rings is 1. The van der Waals surface area contributed by atoms with Gasteiger partial charge in [-0.05, 0) is 6.07 Å². The molecule has 1 aromatic heterocycles. The Balaban J connectivity index is 2.50. The molecule has 7 heteroatoms. The van der Waals surface area contributed by atoms with Crippen molar-refractivity contribution in [2.24, 2.45) is 0 Å². The molecule has 1 heterocycles. The molecule has 82 valence electrons. The lowest BCUT2D eigenvalue weighted by Gasteiger charge is -1.95. The molecule has 1 N–H and O–H groups in total. The largest absolute Gasteiger partial charge is 0.405 e. The lowest BCUT2D eigenvalue weighted by molar-refractivity contribution is -0.384. The number of nitrogens with zero attached hydrogens (tertiary/aromatic N) is 2. The van der Waals surface area contributed by atoms with Gasteiger partial charge >= 0.3 is 5.97 Å². The Morgan fingerprint density at radius 1 is 1.56 bits per heavy atom. The van der Waals surface area contributed by atoms with Crippen LogP contribution in [0.2, 0.25) is 0 Å². The third-order valence-corrected chi connectivity index (χ3v) is 1.96. The van der Waals surface area contributed by atoms with E-state index in [1.165, 1.54) is 25.1 Å². The van der Waals surface area contributed by atoms with E-state index in [9.17, 15) is 14.9 Å². The van der Waals surface area contributed by atoms with Gasteiger partial charge in [0.15, 0.2) is 0 Å². The van der Waals surface area contributed by atoms with Gasteiger partial charge in [-0.3, -0.25) is 20.0 Å². The second-order valence-electron chi connectivity index (χ2n) is 3.11. The quantitative estimate of drug-likeness (QED) is 0.469. The normalized spacial score (nSPS) is 10.3. The number of hydrogen-bond donors (Lipinski definition) is 1. The summed E-state index contributed by atoms with van der Waals surface area (Å²) < 4.78 is 4.82. The number of carbonyl (C=O) groups is 1. The fourth-order valence-electron chi connectivity index (χ4n) is 1.31. The maximum atomic E-state index is 10.7. The van der Waals surface area contributed by atoms with E-state index in [4.69, 9.17) is 4.74 Å². The average Bonchev–Trinajstić information content (AvgIpc) is 2.60. The van der Waals surface area contributed by atoms with Crippen molar-refractivity contribution >= 4 is 22.6 Å². The van der Waals surface area contributed by atoms with Crippen molar-refractivity contribution in [1.82, 2.24) is 10.2 Å². The number of non-ortho nitro benzene ring substituents is 1. The highest BCUT2D eigenvalue weighted by Gasteiger charge is 2.12. The van der Waals surface area contributed by atoms with Gasteiger partial charge in [-0.2, -0.15) is 0 Å². The Labute approximate surface area is 89.2 Å². The number of carbonyl (C=O) groups excluding carboxylic acids is 1. The fraction of sp³-hybridized carbons (Fsp3) is 0.111. The number of hydrogen-bond acceptors (Lipinski definition) is 5. The molecule has 7 nitrogen and oxygen atoms in total. The minimum absolute atomic E-state index is 0.0504. The fourth-order valence-corrected chi connectivity index (χ4v) is 1.31. The van der Waals surface area contributed by atoms with Crippen LogP contribution in [0.4, 0.5) is 5.69 Å². The highest BCUT2D eigenvalue weighted by molar-refractivity contribution is 5.87. The number of ether oxygens (including phenoxy) is 1. The van der Waals surface area contributed by atoms with Crippen LogP contribution in [0.3, 0.4) is 0 Å². The molecule has 16 heavy (non-hydrogen) atoms. The number of fused-ring (bicyclic) bond motifs is 1. The number of nitro groups is 1. The predicted octanol–water partition coefficient (Wildman–Crippen LogP) is 1.40. The zero-order chi connectivity index (χ0) is 11.7. The van der Waals surface area contributed by atoms with Crippen LogP contribution >= 0.6 is 0 Å². The number of rotatable bonds is 2. The summed E-state index contributed by atoms with van der Waals surface area (Å²) >= 11 is 0. The molecule has 2 aromatic rings. The second kappa shape index (κ2) is 3.61. The summed E-state index contributed by atoms with van der Waals surface area (Å²) in [4.78, 5) is 20.8. The molecule has 0 radical (unpaired) electrons. The number of H-pyrrole nitrogens is 1. The van der Waals surface area contributed by atoms with Crippen molar-refractivity contribution in [2.75, 3.05) is 0 Å². The summed E-state index contributed by atoms with van der Waals surface area (Å²) in [5.41, 5.74) is 0.399. The highest BCUT2D eigenvalue weighted by Crippen LogP contribution is 2.26. The molecule has 0 aliphatic heterocycles. The molecule has 0 atom stereocenters. The smallest absolute Gasteiger partial charge is 0.309 e. The van der Waals surface area contributed by atoms with Crippen LogP contribution < -0.4 is 4.74 Å². The maximum Gasteiger partial charge on any atom is 0.309 e. The van der Waals surface area contributed by atoms with Crippen LogP contribution in [-0.4, -0.2) is 21.1 Å². The van der Waals surface area contributed by atoms with Crippen molar-refractivity contribution in [2.45, 2.75) is 6.92 Å². The van der Waals surface area contributed by atoms with Gasteiger partial charge in [0.25, 0.3) is 5.69 Å². The monoisotopic (exact) mass is 221 g/mol. The second-order valence-corrected chi connectivity index (χ2v) is 3.11. The first-order valence-corrected chi connectivity index (χ1v) is 4.39. The van der Waals surface area contributed by atoms with Crippen LogP contribution in [0.15, 0.2) is 18.2 Å². The van der Waals surface area contributed by atoms with Gasteiger partial charge in [-0.15, -0.1) is 5.10 Å². The molecule has 0 bridgehead atoms. The van der Waals surface area contributed by atoms with Gasteiger partial charge in [0.1, 0.15) is 0 Å². The zero-order valence-corrected chi connectivity index (χ0v) is 8.26. The number of aromatic amines is 1. The molecule has 2 rings (SSSR count). The minimum Gasteiger partial charge on any atom is -0.405 e. The highest BCUT2D eigenvalue weighted by atomic mass is 16.6. The molecule has 0 saturated heterocycles. The van der Waals surface area contributed by atoms with Crippen molar-refractivity contribution < 1.29 is 14.5 Å². The van der Waals surface area contributed by atoms with Crippen molar-refractivity contribution in [3.63, 3.8) is 0 Å². The van der Waals surface area contributed by atoms with E-state index in [0.717, 1.165) is 0 Å². The summed E-state index contributed by atoms with van der Waals surface area (Å²) in [6.07, 6.45) is 0. The SMILES string of the molecule is CC(=O)Oc1n[nH]c2cc([N+](=O)[O-])ccc12. The predicted molar refractivity (Wildman–Crippen MR) is 54.1 cm³/mol. The van der Waals surface area contributed by atoms with Crippen LogP contribution in [0.25, 0.3) is 10.9 Å². The van der Waals surface area contributed by atoms with Crippen molar-refractivity contribution in [3.8, 4) is 5.88 Å². The number of nitro benzene ring substituents is 1. The van der Waals surface area contributed by atoms with Crippen molar-refractivity contribution in [1.29, 1.82) is 0 Å². The van der Waals surface area contributed by atoms with Gasteiger partial charge < -0.3 is 4.74 Å². The Hall–Kier alpha value is -2.44. The molecular weight excluding hydrogens is 214 g/mol. The average molecular weight is 221 g/mol. The zero-order valence-electron chi connectivity index (χ0n) is 8.26. The summed E-state index contributed by atoms with van der Waals surface area (Å²) in [5.74, 6) is -0.371. The summed E-state index contributed by atoms with van der Waals surface area (Å²) in [6, 6.07) is 4.13. The number of aromatic nitrogens is 2. The van der Waals surface area contributed by atoms with Crippen LogP contribution in [0, 0.1) is 10.1 Å². The summed E-state index contributed by atoms with van der Waals surface area (Å²) in [6.45, 7) is 1.26. The molecule has 0 amide bonds. The molecule has 1 aromatic carbocycles. The third-order valence-electron chi connectivity index (χ3n) is 1.96. The topological polar surface area (TPSA) is 98.1 Å². The first kappa shape index (κ1) is 10.1. The summed E-state index contributed by atoms with van der Waals surface area (Å²) in [5, 5.41) is 17.3. The van der Waals surface area contributed by atoms with E-state index in [2.05, 4.69) is 10.2 Å².